The number of para-hydroxylation sites is 2. The molecule has 0 atom stereocenters. The highest BCUT2D eigenvalue weighted by atomic mass is 16.5. The number of carbonyl (C=O) groups is 1. The highest BCUT2D eigenvalue weighted by Crippen LogP contribution is 2.21. The number of nitrogens with zero attached hydrogens (tertiary/aromatic N) is 4. The number of furan rings is 1. The van der Waals surface area contributed by atoms with Gasteiger partial charge >= 0.3 is 5.97 Å². The fourth-order valence-electron chi connectivity index (χ4n) is 3.56. The maximum Gasteiger partial charge on any atom is 0.374 e. The highest BCUT2D eigenvalue weighted by molar-refractivity contribution is 5.86. The minimum atomic E-state index is -0.429. The molecule has 3 heterocycles. The van der Waals surface area contributed by atoms with Gasteiger partial charge in [0.25, 0.3) is 0 Å². The lowest BCUT2D eigenvalue weighted by atomic mass is 10.3. The number of benzene rings is 1. The normalized spacial score (nSPS) is 15.9. The molecule has 0 unspecified atom stereocenters. The number of ether oxygens (including phenoxy) is 1. The molecule has 0 amide bonds. The molecule has 0 aliphatic carbocycles. The zero-order valence-electron chi connectivity index (χ0n) is 16.4. The summed E-state index contributed by atoms with van der Waals surface area (Å²) in [5, 5.41) is 0. The Labute approximate surface area is 164 Å². The molecule has 2 aromatic heterocycles. The second-order valence-electron chi connectivity index (χ2n) is 7.17. The van der Waals surface area contributed by atoms with E-state index in [2.05, 4.69) is 27.5 Å². The van der Waals surface area contributed by atoms with Crippen LogP contribution in [0.25, 0.3) is 11.0 Å². The van der Waals surface area contributed by atoms with Gasteiger partial charge in [-0.05, 0) is 38.2 Å². The lowest BCUT2D eigenvalue weighted by Crippen LogP contribution is -2.44. The zero-order chi connectivity index (χ0) is 19.5. The van der Waals surface area contributed by atoms with E-state index in [4.69, 9.17) is 14.1 Å². The van der Waals surface area contributed by atoms with E-state index in [0.29, 0.717) is 18.9 Å². The summed E-state index contributed by atoms with van der Waals surface area (Å²) in [6.07, 6.45) is 0. The highest BCUT2D eigenvalue weighted by Gasteiger charge is 2.19. The number of piperazine rings is 1. The van der Waals surface area contributed by atoms with Crippen molar-refractivity contribution in [3.05, 3.63) is 53.7 Å². The molecule has 4 rings (SSSR count). The lowest BCUT2D eigenvalue weighted by molar-refractivity contribution is 0.0488. The minimum Gasteiger partial charge on any atom is -0.460 e. The van der Waals surface area contributed by atoms with Gasteiger partial charge in [-0.3, -0.25) is 4.90 Å². The zero-order valence-corrected chi connectivity index (χ0v) is 16.4. The third-order valence-electron chi connectivity index (χ3n) is 5.15. The first-order valence-electron chi connectivity index (χ1n) is 9.75. The van der Waals surface area contributed by atoms with Crippen LogP contribution in [0.3, 0.4) is 0 Å². The molecular weight excluding hydrogens is 356 g/mol. The van der Waals surface area contributed by atoms with Gasteiger partial charge in [0.05, 0.1) is 30.7 Å². The molecule has 0 saturated carbocycles. The van der Waals surface area contributed by atoms with Gasteiger partial charge in [0.2, 0.25) is 5.76 Å². The fourth-order valence-corrected chi connectivity index (χ4v) is 3.56. The van der Waals surface area contributed by atoms with Crippen molar-refractivity contribution >= 4 is 17.0 Å². The maximum absolute atomic E-state index is 11.9. The second kappa shape index (κ2) is 8.16. The number of imidazole rings is 1. The smallest absolute Gasteiger partial charge is 0.374 e. The standard InChI is InChI=1S/C21H26N4O3/c1-3-27-21(26)19-9-8-16(28-19)14-25-18-7-5-4-6-17(18)22-20(25)15-24-12-10-23(2)11-13-24/h4-9H,3,10-15H2,1-2H3. The number of fused-ring (bicyclic) bond motifs is 1. The van der Waals surface area contributed by atoms with Crippen LogP contribution in [-0.2, 0) is 17.8 Å². The van der Waals surface area contributed by atoms with Crippen LogP contribution in [0.2, 0.25) is 0 Å². The Hall–Kier alpha value is -2.64. The molecule has 1 aromatic carbocycles. The van der Waals surface area contributed by atoms with Crippen molar-refractivity contribution in [1.29, 1.82) is 0 Å². The molecule has 3 aromatic rings. The summed E-state index contributed by atoms with van der Waals surface area (Å²) >= 11 is 0. The first kappa shape index (κ1) is 18.7. The number of carbonyl (C=O) groups excluding carboxylic acids is 1. The fraction of sp³-hybridized carbons (Fsp3) is 0.429. The molecular formula is C21H26N4O3. The van der Waals surface area contributed by atoms with Crippen molar-refractivity contribution in [3.8, 4) is 0 Å². The third-order valence-corrected chi connectivity index (χ3v) is 5.15. The molecule has 0 spiro atoms. The molecule has 7 nitrogen and oxygen atoms in total. The minimum absolute atomic E-state index is 0.238. The summed E-state index contributed by atoms with van der Waals surface area (Å²) in [5.41, 5.74) is 2.05. The van der Waals surface area contributed by atoms with Crippen molar-refractivity contribution in [2.45, 2.75) is 20.0 Å². The van der Waals surface area contributed by atoms with Gasteiger partial charge in [0.15, 0.2) is 0 Å². The van der Waals surface area contributed by atoms with E-state index in [0.717, 1.165) is 49.6 Å². The largest absolute Gasteiger partial charge is 0.460 e. The number of rotatable bonds is 6. The third kappa shape index (κ3) is 3.95. The first-order valence-corrected chi connectivity index (χ1v) is 9.75. The summed E-state index contributed by atoms with van der Waals surface area (Å²) in [4.78, 5) is 21.5. The number of hydrogen-bond donors (Lipinski definition) is 0. The average Bonchev–Trinajstić information content (AvgIpc) is 3.30. The molecule has 0 radical (unpaired) electrons. The molecule has 1 fully saturated rings. The molecule has 28 heavy (non-hydrogen) atoms. The topological polar surface area (TPSA) is 63.7 Å². The van der Waals surface area contributed by atoms with E-state index in [9.17, 15) is 4.79 Å². The van der Waals surface area contributed by atoms with Crippen molar-refractivity contribution in [2.75, 3.05) is 39.8 Å². The Morgan fingerprint density at radius 1 is 1.11 bits per heavy atom. The van der Waals surface area contributed by atoms with Crippen LogP contribution in [-0.4, -0.2) is 65.2 Å². The first-order chi connectivity index (χ1) is 13.6. The Morgan fingerprint density at radius 2 is 1.89 bits per heavy atom. The van der Waals surface area contributed by atoms with Crippen molar-refractivity contribution in [3.63, 3.8) is 0 Å². The Bertz CT molecular complexity index is 954. The van der Waals surface area contributed by atoms with Crippen LogP contribution < -0.4 is 0 Å². The number of likely N-dealkylation sites (N-methyl/N-ethyl adjacent to an activating group) is 1. The molecule has 1 aliphatic rings. The van der Waals surface area contributed by atoms with E-state index in [1.165, 1.54) is 0 Å². The van der Waals surface area contributed by atoms with E-state index < -0.39 is 5.97 Å². The van der Waals surface area contributed by atoms with E-state index in [1.807, 2.05) is 24.3 Å². The monoisotopic (exact) mass is 382 g/mol. The number of hydrogen-bond acceptors (Lipinski definition) is 6. The van der Waals surface area contributed by atoms with Crippen LogP contribution in [0.4, 0.5) is 0 Å². The summed E-state index contributed by atoms with van der Waals surface area (Å²) in [7, 11) is 2.16. The molecule has 7 heteroatoms. The van der Waals surface area contributed by atoms with Gasteiger partial charge in [-0.1, -0.05) is 12.1 Å². The molecule has 148 valence electrons. The van der Waals surface area contributed by atoms with E-state index in [1.54, 1.807) is 13.0 Å². The van der Waals surface area contributed by atoms with Gasteiger partial charge in [0.1, 0.15) is 11.6 Å². The van der Waals surface area contributed by atoms with Crippen LogP contribution in [0.5, 0.6) is 0 Å². The van der Waals surface area contributed by atoms with Crippen LogP contribution in [0.15, 0.2) is 40.8 Å². The van der Waals surface area contributed by atoms with Gasteiger partial charge in [-0.15, -0.1) is 0 Å². The van der Waals surface area contributed by atoms with E-state index in [-0.39, 0.29) is 5.76 Å². The van der Waals surface area contributed by atoms with Crippen LogP contribution in [0, 0.1) is 0 Å². The predicted octanol–water partition coefficient (Wildman–Crippen LogP) is 2.60. The summed E-state index contributed by atoms with van der Waals surface area (Å²) < 4.78 is 12.9. The van der Waals surface area contributed by atoms with Crippen LogP contribution >= 0.6 is 0 Å². The molecule has 0 bridgehead atoms. The summed E-state index contributed by atoms with van der Waals surface area (Å²) in [5.74, 6) is 1.54. The Kier molecular flexibility index (Phi) is 5.45. The van der Waals surface area contributed by atoms with Crippen molar-refractivity contribution in [2.24, 2.45) is 0 Å². The van der Waals surface area contributed by atoms with Crippen molar-refractivity contribution < 1.29 is 13.9 Å². The van der Waals surface area contributed by atoms with Crippen LogP contribution in [0.1, 0.15) is 29.1 Å². The van der Waals surface area contributed by atoms with Gasteiger partial charge in [-0.2, -0.15) is 0 Å². The Balaban J connectivity index is 1.59. The van der Waals surface area contributed by atoms with Gasteiger partial charge < -0.3 is 18.6 Å². The van der Waals surface area contributed by atoms with Gasteiger partial charge in [0, 0.05) is 26.2 Å². The maximum atomic E-state index is 11.9. The molecule has 1 aliphatic heterocycles. The summed E-state index contributed by atoms with van der Waals surface area (Å²) in [6.45, 7) is 7.65. The SMILES string of the molecule is CCOC(=O)c1ccc(Cn2c(CN3CCN(C)CC3)nc3ccccc32)o1. The number of esters is 1. The van der Waals surface area contributed by atoms with Gasteiger partial charge in [-0.25, -0.2) is 9.78 Å². The molecule has 1 saturated heterocycles. The Morgan fingerprint density at radius 3 is 2.68 bits per heavy atom. The molecule has 0 N–H and O–H groups in total. The lowest BCUT2D eigenvalue weighted by Gasteiger charge is -2.32. The number of aromatic nitrogens is 2. The van der Waals surface area contributed by atoms with E-state index >= 15 is 0 Å². The second-order valence-corrected chi connectivity index (χ2v) is 7.17. The summed E-state index contributed by atoms with van der Waals surface area (Å²) in [6, 6.07) is 11.6. The van der Waals surface area contributed by atoms with Crippen molar-refractivity contribution in [1.82, 2.24) is 19.4 Å². The quantitative estimate of drug-likeness (QED) is 0.611. The average molecular weight is 382 g/mol. The predicted molar refractivity (Wildman–Crippen MR) is 106 cm³/mol.